The van der Waals surface area contributed by atoms with E-state index < -0.39 is 0 Å². The van der Waals surface area contributed by atoms with Crippen LogP contribution < -0.4 is 9.64 Å². The van der Waals surface area contributed by atoms with Gasteiger partial charge in [0.2, 0.25) is 0 Å². The summed E-state index contributed by atoms with van der Waals surface area (Å²) >= 11 is 0. The Morgan fingerprint density at radius 3 is 2.35 bits per heavy atom. The number of rotatable bonds is 6. The molecule has 0 N–H and O–H groups in total. The Labute approximate surface area is 219 Å². The molecule has 3 aromatic carbocycles. The van der Waals surface area contributed by atoms with Crippen LogP contribution in [-0.2, 0) is 4.74 Å². The zero-order chi connectivity index (χ0) is 26.1. The topological polar surface area (TPSA) is 34.6 Å². The fourth-order valence-corrected chi connectivity index (χ4v) is 5.39. The number of hydrogen-bond donors (Lipinski definition) is 0. The third kappa shape index (κ3) is 4.93. The molecule has 4 nitrogen and oxygen atoms in total. The second-order valence-electron chi connectivity index (χ2n) is 10.2. The van der Waals surface area contributed by atoms with E-state index in [0.717, 1.165) is 39.6 Å². The van der Waals surface area contributed by atoms with Crippen LogP contribution in [0.3, 0.4) is 0 Å². The van der Waals surface area contributed by atoms with Crippen LogP contribution in [-0.4, -0.2) is 37.4 Å². The van der Waals surface area contributed by atoms with Crippen molar-refractivity contribution in [1.82, 2.24) is 4.98 Å². The van der Waals surface area contributed by atoms with Crippen LogP contribution in [0.4, 0.5) is 10.1 Å². The molecule has 192 valence electrons. The lowest BCUT2D eigenvalue weighted by molar-refractivity contribution is -0.00539. The van der Waals surface area contributed by atoms with Crippen LogP contribution in [0.1, 0.15) is 45.6 Å². The van der Waals surface area contributed by atoms with E-state index in [-0.39, 0.29) is 18.0 Å². The second-order valence-corrected chi connectivity index (χ2v) is 10.2. The van der Waals surface area contributed by atoms with Gasteiger partial charge in [0, 0.05) is 35.8 Å². The fourth-order valence-electron chi connectivity index (χ4n) is 5.39. The molecule has 1 saturated heterocycles. The summed E-state index contributed by atoms with van der Waals surface area (Å²) in [5.41, 5.74) is 6.48. The van der Waals surface area contributed by atoms with Crippen molar-refractivity contribution in [2.75, 3.05) is 25.1 Å². The Morgan fingerprint density at radius 1 is 1.00 bits per heavy atom. The van der Waals surface area contributed by atoms with E-state index in [0.29, 0.717) is 30.4 Å². The molecule has 1 aliphatic heterocycles. The largest absolute Gasteiger partial charge is 0.495 e. The lowest BCUT2D eigenvalue weighted by atomic mass is 9.94. The van der Waals surface area contributed by atoms with Crippen molar-refractivity contribution in [2.45, 2.75) is 52.2 Å². The minimum atomic E-state index is -0.254. The summed E-state index contributed by atoms with van der Waals surface area (Å²) in [6.45, 7) is 9.84. The SMILES string of the molecule is CCC(C)c1ccc(-c2cccc3c(OC)c(-c4ccc(N5C[C@@H](C)O[C@@H](C)C5)c(F)c4)cnc23)cc1. The smallest absolute Gasteiger partial charge is 0.147 e. The zero-order valence-corrected chi connectivity index (χ0v) is 22.3. The number of hydrogen-bond acceptors (Lipinski definition) is 4. The Kier molecular flexibility index (Phi) is 7.16. The van der Waals surface area contributed by atoms with E-state index in [1.807, 2.05) is 38.1 Å². The number of pyridine rings is 1. The van der Waals surface area contributed by atoms with Gasteiger partial charge < -0.3 is 14.4 Å². The maximum Gasteiger partial charge on any atom is 0.147 e. The molecule has 5 heteroatoms. The third-order valence-electron chi connectivity index (χ3n) is 7.47. The first kappa shape index (κ1) is 25.2. The molecule has 1 aliphatic rings. The molecule has 1 unspecified atom stereocenters. The molecule has 1 aromatic heterocycles. The monoisotopic (exact) mass is 498 g/mol. The molecule has 3 atom stereocenters. The minimum Gasteiger partial charge on any atom is -0.495 e. The van der Waals surface area contributed by atoms with E-state index >= 15 is 4.39 Å². The highest BCUT2D eigenvalue weighted by atomic mass is 19.1. The van der Waals surface area contributed by atoms with Crippen LogP contribution in [0.2, 0.25) is 0 Å². The van der Waals surface area contributed by atoms with E-state index in [4.69, 9.17) is 14.5 Å². The maximum absolute atomic E-state index is 15.4. The highest BCUT2D eigenvalue weighted by Gasteiger charge is 2.25. The van der Waals surface area contributed by atoms with E-state index in [1.165, 1.54) is 5.56 Å². The van der Waals surface area contributed by atoms with Crippen molar-refractivity contribution in [3.05, 3.63) is 78.2 Å². The van der Waals surface area contributed by atoms with Crippen molar-refractivity contribution in [1.29, 1.82) is 0 Å². The van der Waals surface area contributed by atoms with E-state index in [1.54, 1.807) is 19.4 Å². The van der Waals surface area contributed by atoms with Gasteiger partial charge in [-0.2, -0.15) is 0 Å². The summed E-state index contributed by atoms with van der Waals surface area (Å²) in [6, 6.07) is 20.3. The van der Waals surface area contributed by atoms with Crippen LogP contribution in [0.15, 0.2) is 66.9 Å². The Hall–Kier alpha value is -3.44. The first-order valence-corrected chi connectivity index (χ1v) is 13.2. The normalized spacial score (nSPS) is 18.7. The molecule has 0 amide bonds. The third-order valence-corrected chi connectivity index (χ3v) is 7.47. The summed E-state index contributed by atoms with van der Waals surface area (Å²) < 4.78 is 27.1. The zero-order valence-electron chi connectivity index (χ0n) is 22.3. The van der Waals surface area contributed by atoms with Gasteiger partial charge in [-0.1, -0.05) is 56.3 Å². The number of halogens is 1. The molecule has 0 bridgehead atoms. The molecule has 0 saturated carbocycles. The maximum atomic E-state index is 15.4. The molecule has 4 aromatic rings. The molecule has 0 aliphatic carbocycles. The van der Waals surface area contributed by atoms with Crippen molar-refractivity contribution in [3.8, 4) is 28.0 Å². The summed E-state index contributed by atoms with van der Waals surface area (Å²) in [4.78, 5) is 6.91. The standard InChI is InChI=1S/C32H35FN2O2/c1-6-20(2)23-10-12-24(13-11-23)26-8-7-9-27-31(26)34-17-28(32(27)36-5)25-14-15-30(29(33)16-25)35-18-21(3)37-22(4)19-35/h7-17,20-22H,6,18-19H2,1-5H3/t20?,21-,22+. The number of ether oxygens (including phenoxy) is 2. The number of para-hydroxylation sites is 1. The minimum absolute atomic E-state index is 0.0630. The van der Waals surface area contributed by atoms with Crippen LogP contribution >= 0.6 is 0 Å². The molecule has 0 radical (unpaired) electrons. The molecular weight excluding hydrogens is 463 g/mol. The number of methoxy groups -OCH3 is 1. The number of aromatic nitrogens is 1. The predicted octanol–water partition coefficient (Wildman–Crippen LogP) is 7.84. The van der Waals surface area contributed by atoms with Gasteiger partial charge in [0.05, 0.1) is 30.5 Å². The van der Waals surface area contributed by atoms with Gasteiger partial charge in [-0.25, -0.2) is 4.39 Å². The van der Waals surface area contributed by atoms with Gasteiger partial charge in [0.15, 0.2) is 0 Å². The lowest BCUT2D eigenvalue weighted by Gasteiger charge is -2.37. The lowest BCUT2D eigenvalue weighted by Crippen LogP contribution is -2.45. The van der Waals surface area contributed by atoms with Crippen LogP contribution in [0.5, 0.6) is 5.75 Å². The van der Waals surface area contributed by atoms with Gasteiger partial charge in [-0.15, -0.1) is 0 Å². The van der Waals surface area contributed by atoms with Gasteiger partial charge >= 0.3 is 0 Å². The van der Waals surface area contributed by atoms with E-state index in [2.05, 4.69) is 49.1 Å². The number of anilines is 1. The van der Waals surface area contributed by atoms with Crippen molar-refractivity contribution >= 4 is 16.6 Å². The van der Waals surface area contributed by atoms with E-state index in [9.17, 15) is 0 Å². The molecule has 1 fully saturated rings. The van der Waals surface area contributed by atoms with Gasteiger partial charge in [-0.3, -0.25) is 4.98 Å². The van der Waals surface area contributed by atoms with Crippen LogP contribution in [0, 0.1) is 5.82 Å². The quantitative estimate of drug-likeness (QED) is 0.271. The fraction of sp³-hybridized carbons (Fsp3) is 0.344. The van der Waals surface area contributed by atoms with Gasteiger partial charge in [0.1, 0.15) is 11.6 Å². The van der Waals surface area contributed by atoms with Crippen molar-refractivity contribution in [3.63, 3.8) is 0 Å². The highest BCUT2D eigenvalue weighted by molar-refractivity contribution is 6.00. The summed E-state index contributed by atoms with van der Waals surface area (Å²) in [7, 11) is 1.66. The van der Waals surface area contributed by atoms with Crippen molar-refractivity contribution in [2.24, 2.45) is 0 Å². The molecular formula is C32H35FN2O2. The first-order chi connectivity index (χ1) is 17.9. The first-order valence-electron chi connectivity index (χ1n) is 13.2. The summed E-state index contributed by atoms with van der Waals surface area (Å²) in [5.74, 6) is 0.976. The average Bonchev–Trinajstić information content (AvgIpc) is 2.91. The van der Waals surface area contributed by atoms with Crippen molar-refractivity contribution < 1.29 is 13.9 Å². The number of morpholine rings is 1. The summed E-state index contributed by atoms with van der Waals surface area (Å²) in [6.07, 6.45) is 3.04. The Bertz CT molecular complexity index is 1390. The average molecular weight is 499 g/mol. The molecule has 0 spiro atoms. The number of fused-ring (bicyclic) bond motifs is 1. The second kappa shape index (κ2) is 10.5. The number of benzene rings is 3. The Morgan fingerprint density at radius 2 is 1.70 bits per heavy atom. The van der Waals surface area contributed by atoms with Gasteiger partial charge in [0.25, 0.3) is 0 Å². The highest BCUT2D eigenvalue weighted by Crippen LogP contribution is 2.40. The summed E-state index contributed by atoms with van der Waals surface area (Å²) in [5, 5.41) is 0.906. The number of nitrogens with zero attached hydrogens (tertiary/aromatic N) is 2. The van der Waals surface area contributed by atoms with Gasteiger partial charge in [-0.05, 0) is 61.1 Å². The Balaban J connectivity index is 1.53. The van der Waals surface area contributed by atoms with Crippen LogP contribution in [0.25, 0.3) is 33.2 Å². The predicted molar refractivity (Wildman–Crippen MR) is 150 cm³/mol. The molecule has 2 heterocycles. The molecule has 5 rings (SSSR count). The molecule has 37 heavy (non-hydrogen) atoms.